The normalized spacial score (nSPS) is 12.5. The first kappa shape index (κ1) is 13.9. The van der Waals surface area contributed by atoms with Gasteiger partial charge < -0.3 is 5.11 Å². The summed E-state index contributed by atoms with van der Waals surface area (Å²) in [6.45, 7) is 1.54. The minimum absolute atomic E-state index is 0.0339. The van der Waals surface area contributed by atoms with Crippen molar-refractivity contribution in [2.45, 2.75) is 13.0 Å². The molecular formula is C14H10ClF3O. The summed E-state index contributed by atoms with van der Waals surface area (Å²) in [4.78, 5) is 0. The van der Waals surface area contributed by atoms with Crippen LogP contribution in [-0.2, 0) is 0 Å². The summed E-state index contributed by atoms with van der Waals surface area (Å²) >= 11 is 5.78. The van der Waals surface area contributed by atoms with Crippen molar-refractivity contribution in [1.82, 2.24) is 0 Å². The highest BCUT2D eigenvalue weighted by Crippen LogP contribution is 2.30. The lowest BCUT2D eigenvalue weighted by Gasteiger charge is -2.14. The molecule has 5 heteroatoms. The van der Waals surface area contributed by atoms with E-state index >= 15 is 0 Å². The predicted molar refractivity (Wildman–Crippen MR) is 66.6 cm³/mol. The van der Waals surface area contributed by atoms with Crippen molar-refractivity contribution in [3.63, 3.8) is 0 Å². The predicted octanol–water partition coefficient (Wildman–Crippen LogP) is 4.15. The summed E-state index contributed by atoms with van der Waals surface area (Å²) in [5.74, 6) is -2.60. The quantitative estimate of drug-likeness (QED) is 0.822. The fraction of sp³-hybridized carbons (Fsp3) is 0.143. The SMILES string of the molecule is Cc1cc(C(O)c2cc(F)c(F)cc2Cl)ccc1F. The van der Waals surface area contributed by atoms with Gasteiger partial charge in [0.05, 0.1) is 0 Å². The molecule has 0 spiro atoms. The third-order valence-electron chi connectivity index (χ3n) is 2.83. The molecule has 0 aliphatic carbocycles. The summed E-state index contributed by atoms with van der Waals surface area (Å²) in [5, 5.41) is 10.0. The van der Waals surface area contributed by atoms with Crippen molar-refractivity contribution < 1.29 is 18.3 Å². The summed E-state index contributed by atoms with van der Waals surface area (Å²) in [6.07, 6.45) is -1.25. The summed E-state index contributed by atoms with van der Waals surface area (Å²) < 4.78 is 39.3. The molecule has 1 nitrogen and oxygen atoms in total. The first-order valence-electron chi connectivity index (χ1n) is 5.48. The molecule has 2 rings (SSSR count). The van der Waals surface area contributed by atoms with E-state index in [0.29, 0.717) is 11.1 Å². The second kappa shape index (κ2) is 5.23. The van der Waals surface area contributed by atoms with Gasteiger partial charge in [-0.3, -0.25) is 0 Å². The van der Waals surface area contributed by atoms with Gasteiger partial charge in [-0.25, -0.2) is 13.2 Å². The summed E-state index contributed by atoms with van der Waals surface area (Å²) in [7, 11) is 0. The highest BCUT2D eigenvalue weighted by molar-refractivity contribution is 6.31. The van der Waals surface area contributed by atoms with Gasteiger partial charge in [-0.05, 0) is 36.2 Å². The van der Waals surface area contributed by atoms with Crippen LogP contribution in [0.25, 0.3) is 0 Å². The first-order chi connectivity index (χ1) is 8.90. The van der Waals surface area contributed by atoms with Gasteiger partial charge in [0, 0.05) is 10.6 Å². The Bertz CT molecular complexity index is 628. The highest BCUT2D eigenvalue weighted by Gasteiger charge is 2.18. The molecule has 0 saturated carbocycles. The van der Waals surface area contributed by atoms with Crippen molar-refractivity contribution in [2.75, 3.05) is 0 Å². The average molecular weight is 287 g/mol. The Morgan fingerprint density at radius 1 is 1.00 bits per heavy atom. The molecule has 0 aliphatic rings. The van der Waals surface area contributed by atoms with E-state index in [1.54, 1.807) is 6.92 Å². The molecule has 0 saturated heterocycles. The molecule has 100 valence electrons. The molecule has 1 atom stereocenters. The van der Waals surface area contributed by atoms with E-state index in [9.17, 15) is 18.3 Å². The monoisotopic (exact) mass is 286 g/mol. The summed E-state index contributed by atoms with van der Waals surface area (Å²) in [6, 6.07) is 5.62. The number of rotatable bonds is 2. The van der Waals surface area contributed by atoms with Crippen LogP contribution < -0.4 is 0 Å². The number of aliphatic hydroxyl groups is 1. The molecule has 0 amide bonds. The minimum Gasteiger partial charge on any atom is -0.384 e. The zero-order chi connectivity index (χ0) is 14.2. The van der Waals surface area contributed by atoms with Crippen LogP contribution in [0.2, 0.25) is 5.02 Å². The molecule has 1 unspecified atom stereocenters. The van der Waals surface area contributed by atoms with Gasteiger partial charge in [0.1, 0.15) is 11.9 Å². The number of halogens is 4. The van der Waals surface area contributed by atoms with Crippen molar-refractivity contribution in [3.05, 3.63) is 69.5 Å². The topological polar surface area (TPSA) is 20.2 Å². The average Bonchev–Trinajstić information content (AvgIpc) is 2.36. The van der Waals surface area contributed by atoms with Crippen LogP contribution >= 0.6 is 11.6 Å². The number of aryl methyl sites for hydroxylation is 1. The van der Waals surface area contributed by atoms with Crippen LogP contribution in [0.1, 0.15) is 22.8 Å². The van der Waals surface area contributed by atoms with Crippen LogP contribution in [0.3, 0.4) is 0 Å². The van der Waals surface area contributed by atoms with Gasteiger partial charge in [-0.15, -0.1) is 0 Å². The lowest BCUT2D eigenvalue weighted by molar-refractivity contribution is 0.219. The fourth-order valence-corrected chi connectivity index (χ4v) is 2.02. The fourth-order valence-electron chi connectivity index (χ4n) is 1.77. The molecule has 0 radical (unpaired) electrons. The summed E-state index contributed by atoms with van der Waals surface area (Å²) in [5.41, 5.74) is 0.730. The number of benzene rings is 2. The molecule has 19 heavy (non-hydrogen) atoms. The Balaban J connectivity index is 2.46. The Kier molecular flexibility index (Phi) is 3.83. The van der Waals surface area contributed by atoms with Crippen molar-refractivity contribution in [1.29, 1.82) is 0 Å². The zero-order valence-corrected chi connectivity index (χ0v) is 10.7. The molecule has 0 bridgehead atoms. The van der Waals surface area contributed by atoms with Gasteiger partial charge in [0.25, 0.3) is 0 Å². The van der Waals surface area contributed by atoms with Crippen LogP contribution in [0.5, 0.6) is 0 Å². The number of hydrogen-bond acceptors (Lipinski definition) is 1. The van der Waals surface area contributed by atoms with Gasteiger partial charge in [-0.2, -0.15) is 0 Å². The van der Waals surface area contributed by atoms with E-state index in [1.807, 2.05) is 0 Å². The van der Waals surface area contributed by atoms with E-state index in [0.717, 1.165) is 12.1 Å². The molecule has 0 aliphatic heterocycles. The standard InChI is InChI=1S/C14H10ClF3O/c1-7-4-8(2-3-11(7)16)14(19)9-5-12(17)13(18)6-10(9)15/h2-6,14,19H,1H3. The van der Waals surface area contributed by atoms with E-state index in [2.05, 4.69) is 0 Å². The molecule has 0 fully saturated rings. The third-order valence-corrected chi connectivity index (χ3v) is 3.16. The lowest BCUT2D eigenvalue weighted by Crippen LogP contribution is -2.03. The van der Waals surface area contributed by atoms with Crippen LogP contribution in [0.15, 0.2) is 30.3 Å². The van der Waals surface area contributed by atoms with Gasteiger partial charge in [-0.1, -0.05) is 23.7 Å². The maximum Gasteiger partial charge on any atom is 0.160 e. The second-order valence-corrected chi connectivity index (χ2v) is 4.61. The smallest absolute Gasteiger partial charge is 0.160 e. The molecule has 2 aromatic rings. The molecule has 0 heterocycles. The van der Waals surface area contributed by atoms with Gasteiger partial charge >= 0.3 is 0 Å². The Morgan fingerprint density at radius 2 is 1.63 bits per heavy atom. The molecular weight excluding hydrogens is 277 g/mol. The Morgan fingerprint density at radius 3 is 2.26 bits per heavy atom. The van der Waals surface area contributed by atoms with E-state index in [4.69, 9.17) is 11.6 Å². The Hall–Kier alpha value is -1.52. The van der Waals surface area contributed by atoms with E-state index < -0.39 is 23.6 Å². The number of aliphatic hydroxyl groups excluding tert-OH is 1. The van der Waals surface area contributed by atoms with Gasteiger partial charge in [0.2, 0.25) is 0 Å². The third kappa shape index (κ3) is 2.74. The van der Waals surface area contributed by atoms with E-state index in [-0.39, 0.29) is 10.6 Å². The van der Waals surface area contributed by atoms with Crippen molar-refractivity contribution in [2.24, 2.45) is 0 Å². The first-order valence-corrected chi connectivity index (χ1v) is 5.86. The largest absolute Gasteiger partial charge is 0.384 e. The maximum absolute atomic E-state index is 13.2. The minimum atomic E-state index is -1.25. The zero-order valence-electron chi connectivity index (χ0n) is 9.92. The maximum atomic E-state index is 13.2. The molecule has 0 aromatic heterocycles. The van der Waals surface area contributed by atoms with Crippen LogP contribution in [0, 0.1) is 24.4 Å². The second-order valence-electron chi connectivity index (χ2n) is 4.20. The van der Waals surface area contributed by atoms with Crippen molar-refractivity contribution >= 4 is 11.6 Å². The number of hydrogen-bond donors (Lipinski definition) is 1. The van der Waals surface area contributed by atoms with Gasteiger partial charge in [0.15, 0.2) is 11.6 Å². The molecule has 1 N–H and O–H groups in total. The molecule has 2 aromatic carbocycles. The van der Waals surface area contributed by atoms with Crippen LogP contribution in [0.4, 0.5) is 13.2 Å². The van der Waals surface area contributed by atoms with Crippen molar-refractivity contribution in [3.8, 4) is 0 Å². The Labute approximate surface area is 113 Å². The highest BCUT2D eigenvalue weighted by atomic mass is 35.5. The van der Waals surface area contributed by atoms with E-state index in [1.165, 1.54) is 18.2 Å². The lowest BCUT2D eigenvalue weighted by atomic mass is 9.99. The van der Waals surface area contributed by atoms with Crippen LogP contribution in [-0.4, -0.2) is 5.11 Å².